The van der Waals surface area contributed by atoms with Crippen molar-refractivity contribution in [1.82, 2.24) is 19.8 Å². The molecule has 6 rings (SSSR count). The van der Waals surface area contributed by atoms with Crippen molar-refractivity contribution >= 4 is 17.8 Å². The van der Waals surface area contributed by atoms with E-state index >= 15 is 0 Å². The van der Waals surface area contributed by atoms with Crippen LogP contribution < -0.4 is 5.73 Å². The van der Waals surface area contributed by atoms with Gasteiger partial charge in [-0.15, -0.1) is 0 Å². The molecule has 0 bridgehead atoms. The topological polar surface area (TPSA) is 105 Å². The Morgan fingerprint density at radius 1 is 0.947 bits per heavy atom. The van der Waals surface area contributed by atoms with Crippen LogP contribution in [0, 0.1) is 0 Å². The van der Waals surface area contributed by atoms with Gasteiger partial charge in [0.25, 0.3) is 11.8 Å². The first-order chi connectivity index (χ1) is 18.5. The number of benzene rings is 3. The lowest BCUT2D eigenvalue weighted by molar-refractivity contribution is -0.131. The Morgan fingerprint density at radius 2 is 1.63 bits per heavy atom. The van der Waals surface area contributed by atoms with Gasteiger partial charge in [0.2, 0.25) is 0 Å². The number of hydrogen-bond donors (Lipinski definition) is 1. The average molecular weight is 503 g/mol. The maximum Gasteiger partial charge on any atom is 0.267 e. The fourth-order valence-electron chi connectivity index (χ4n) is 5.33. The number of rotatable bonds is 5. The number of aromatic nitrogens is 2. The molecule has 0 fully saturated rings. The fourth-order valence-corrected chi connectivity index (χ4v) is 5.33. The monoisotopic (exact) mass is 502 g/mol. The molecule has 3 aromatic carbocycles. The highest BCUT2D eigenvalue weighted by molar-refractivity contribution is 6.09. The molecule has 2 N–H and O–H groups in total. The van der Waals surface area contributed by atoms with E-state index in [0.717, 1.165) is 27.9 Å². The number of carbonyl (C=O) groups is 2. The number of carbonyl (C=O) groups excluding carboxylic acids is 2. The number of hydrogen-bond acceptors (Lipinski definition) is 6. The summed E-state index contributed by atoms with van der Waals surface area (Å²) < 4.78 is 0. The molecule has 38 heavy (non-hydrogen) atoms. The molecule has 0 saturated carbocycles. The predicted molar refractivity (Wildman–Crippen MR) is 143 cm³/mol. The highest BCUT2D eigenvalue weighted by Crippen LogP contribution is 2.42. The zero-order valence-electron chi connectivity index (χ0n) is 20.9. The van der Waals surface area contributed by atoms with Gasteiger partial charge >= 0.3 is 0 Å². The van der Waals surface area contributed by atoms with Crippen LogP contribution in [-0.2, 0) is 23.4 Å². The highest BCUT2D eigenvalue weighted by atomic mass is 16.2. The van der Waals surface area contributed by atoms with Crippen LogP contribution >= 0.6 is 0 Å². The molecule has 1 aromatic heterocycles. The van der Waals surface area contributed by atoms with Crippen LogP contribution in [0.5, 0.6) is 0 Å². The largest absolute Gasteiger partial charge is 0.369 e. The summed E-state index contributed by atoms with van der Waals surface area (Å²) in [6.07, 6.45) is 3.25. The smallest absolute Gasteiger partial charge is 0.267 e. The van der Waals surface area contributed by atoms with Crippen LogP contribution in [0.1, 0.15) is 51.3 Å². The number of amides is 2. The maximum absolute atomic E-state index is 14.3. The molecule has 8 nitrogen and oxygen atoms in total. The van der Waals surface area contributed by atoms with E-state index < -0.39 is 11.6 Å². The van der Waals surface area contributed by atoms with Crippen LogP contribution in [0.4, 0.5) is 0 Å². The molecule has 188 valence electrons. The number of guanidine groups is 1. The van der Waals surface area contributed by atoms with E-state index in [4.69, 9.17) is 10.7 Å². The third kappa shape index (κ3) is 3.73. The van der Waals surface area contributed by atoms with Crippen LogP contribution in [0.15, 0.2) is 102 Å². The minimum absolute atomic E-state index is 0.102. The summed E-state index contributed by atoms with van der Waals surface area (Å²) in [4.78, 5) is 44.0. The molecular formula is C30H26N6O2. The van der Waals surface area contributed by atoms with Gasteiger partial charge in [-0.2, -0.15) is 0 Å². The standard InChI is InChI=1S/C30H26N6O2/c1-20(21-9-8-10-22(15-21)27(37)35-17-23-16-32-19-33-26(23)18-35)36-28(38)30(34-29(36)31,24-11-4-2-5-12-24)25-13-6-3-7-14-25/h2-16,19-20H,17-18H2,1H3,(H2,31,34). The molecule has 3 heterocycles. The molecule has 0 radical (unpaired) electrons. The van der Waals surface area contributed by atoms with Gasteiger partial charge < -0.3 is 10.6 Å². The lowest BCUT2D eigenvalue weighted by atomic mass is 9.82. The van der Waals surface area contributed by atoms with E-state index in [1.54, 1.807) is 17.2 Å². The minimum atomic E-state index is -1.28. The van der Waals surface area contributed by atoms with Gasteiger partial charge in [0.05, 0.1) is 18.3 Å². The van der Waals surface area contributed by atoms with Gasteiger partial charge in [-0.05, 0) is 35.7 Å². The van der Waals surface area contributed by atoms with Crippen LogP contribution in [-0.4, -0.2) is 37.5 Å². The Labute approximate surface area is 220 Å². The molecule has 2 amide bonds. The van der Waals surface area contributed by atoms with E-state index in [9.17, 15) is 9.59 Å². The van der Waals surface area contributed by atoms with Crippen molar-refractivity contribution in [2.45, 2.75) is 31.6 Å². The summed E-state index contributed by atoms with van der Waals surface area (Å²) in [7, 11) is 0. The van der Waals surface area contributed by atoms with E-state index in [0.29, 0.717) is 18.7 Å². The van der Waals surface area contributed by atoms with Crippen molar-refractivity contribution < 1.29 is 9.59 Å². The van der Waals surface area contributed by atoms with Crippen LogP contribution in [0.2, 0.25) is 0 Å². The van der Waals surface area contributed by atoms with Gasteiger partial charge in [-0.1, -0.05) is 72.8 Å². The van der Waals surface area contributed by atoms with E-state index in [1.807, 2.05) is 85.8 Å². The first kappa shape index (κ1) is 23.5. The Bertz CT molecular complexity index is 1490. The lowest BCUT2D eigenvalue weighted by Crippen LogP contribution is -2.44. The Kier molecular flexibility index (Phi) is 5.72. The molecule has 4 aromatic rings. The Hall–Kier alpha value is -4.85. The van der Waals surface area contributed by atoms with Gasteiger partial charge in [0.1, 0.15) is 6.33 Å². The van der Waals surface area contributed by atoms with Crippen LogP contribution in [0.3, 0.4) is 0 Å². The van der Waals surface area contributed by atoms with Gasteiger partial charge in [-0.3, -0.25) is 14.5 Å². The molecule has 0 aliphatic carbocycles. The number of nitrogens with zero attached hydrogens (tertiary/aromatic N) is 5. The molecule has 1 atom stereocenters. The second-order valence-corrected chi connectivity index (χ2v) is 9.54. The zero-order chi connectivity index (χ0) is 26.3. The second-order valence-electron chi connectivity index (χ2n) is 9.54. The fraction of sp³-hybridized carbons (Fsp3) is 0.167. The molecule has 2 aliphatic heterocycles. The third-order valence-electron chi connectivity index (χ3n) is 7.31. The molecular weight excluding hydrogens is 476 g/mol. The molecule has 2 aliphatic rings. The van der Waals surface area contributed by atoms with Crippen molar-refractivity contribution in [3.8, 4) is 0 Å². The third-order valence-corrected chi connectivity index (χ3v) is 7.31. The van der Waals surface area contributed by atoms with Crippen molar-refractivity contribution in [2.75, 3.05) is 0 Å². The highest BCUT2D eigenvalue weighted by Gasteiger charge is 2.51. The lowest BCUT2D eigenvalue weighted by Gasteiger charge is -2.30. The van der Waals surface area contributed by atoms with E-state index in [1.165, 1.54) is 11.2 Å². The SMILES string of the molecule is CC(c1cccc(C(=O)N2Cc3cncnc3C2)c1)N1C(=O)C(c2ccccc2)(c2ccccc2)N=C1N. The van der Waals surface area contributed by atoms with Crippen molar-refractivity contribution in [3.05, 3.63) is 131 Å². The van der Waals surface area contributed by atoms with Gasteiger partial charge in [0, 0.05) is 23.9 Å². The summed E-state index contributed by atoms with van der Waals surface area (Å²) in [5, 5.41) is 0. The van der Waals surface area contributed by atoms with Crippen molar-refractivity contribution in [1.29, 1.82) is 0 Å². The number of aliphatic imine (C=N–C) groups is 1. The first-order valence-electron chi connectivity index (χ1n) is 12.5. The predicted octanol–water partition coefficient (Wildman–Crippen LogP) is 3.79. The Morgan fingerprint density at radius 3 is 2.29 bits per heavy atom. The Balaban J connectivity index is 1.32. The van der Waals surface area contributed by atoms with Gasteiger partial charge in [0.15, 0.2) is 11.5 Å². The summed E-state index contributed by atoms with van der Waals surface area (Å²) in [5.74, 6) is -0.194. The van der Waals surface area contributed by atoms with Crippen molar-refractivity contribution in [2.24, 2.45) is 10.7 Å². The minimum Gasteiger partial charge on any atom is -0.369 e. The molecule has 0 saturated heterocycles. The second kappa shape index (κ2) is 9.23. The molecule has 1 unspecified atom stereocenters. The summed E-state index contributed by atoms with van der Waals surface area (Å²) in [6.45, 7) is 2.81. The summed E-state index contributed by atoms with van der Waals surface area (Å²) in [6, 6.07) is 25.9. The number of fused-ring (bicyclic) bond motifs is 1. The normalized spacial score (nSPS) is 16.8. The van der Waals surface area contributed by atoms with E-state index in [-0.39, 0.29) is 17.8 Å². The maximum atomic E-state index is 14.3. The summed E-state index contributed by atoms with van der Waals surface area (Å²) >= 11 is 0. The van der Waals surface area contributed by atoms with Gasteiger partial charge in [-0.25, -0.2) is 15.0 Å². The number of nitrogens with two attached hydrogens (primary N) is 1. The first-order valence-corrected chi connectivity index (χ1v) is 12.5. The van der Waals surface area contributed by atoms with E-state index in [2.05, 4.69) is 9.97 Å². The van der Waals surface area contributed by atoms with Crippen LogP contribution in [0.25, 0.3) is 0 Å². The average Bonchev–Trinajstić information content (AvgIpc) is 3.52. The van der Waals surface area contributed by atoms with Crippen molar-refractivity contribution in [3.63, 3.8) is 0 Å². The molecule has 0 spiro atoms. The molecule has 8 heteroatoms. The zero-order valence-corrected chi connectivity index (χ0v) is 20.9. The quantitative estimate of drug-likeness (QED) is 0.447. The summed E-state index contributed by atoms with van der Waals surface area (Å²) in [5.41, 5.74) is 9.82.